The van der Waals surface area contributed by atoms with Gasteiger partial charge in [-0.2, -0.15) is 4.31 Å². The zero-order valence-electron chi connectivity index (χ0n) is 15.6. The molecule has 1 aliphatic rings. The number of nitrogens with zero attached hydrogens (tertiary/aromatic N) is 4. The first-order valence-corrected chi connectivity index (χ1v) is 11.0. The minimum absolute atomic E-state index is 0.0551. The summed E-state index contributed by atoms with van der Waals surface area (Å²) in [5, 5.41) is 10.3. The maximum atomic E-state index is 13.0. The summed E-state index contributed by atoms with van der Waals surface area (Å²) in [4.78, 5) is 12.5. The lowest BCUT2D eigenvalue weighted by Gasteiger charge is -2.18. The predicted octanol–water partition coefficient (Wildman–Crippen LogP) is 1.86. The van der Waals surface area contributed by atoms with Crippen LogP contribution in [-0.2, 0) is 32.7 Å². The van der Waals surface area contributed by atoms with E-state index in [1.807, 2.05) is 6.92 Å². The predicted molar refractivity (Wildman–Crippen MR) is 106 cm³/mol. The van der Waals surface area contributed by atoms with Gasteiger partial charge < -0.3 is 10.1 Å². The number of rotatable bonds is 7. The molecule has 1 aromatic heterocycles. The van der Waals surface area contributed by atoms with E-state index in [0.717, 1.165) is 6.42 Å². The van der Waals surface area contributed by atoms with Gasteiger partial charge in [-0.3, -0.25) is 4.79 Å². The Balaban J connectivity index is 1.76. The minimum Gasteiger partial charge on any atom is -0.378 e. The smallest absolute Gasteiger partial charge is 0.246 e. The van der Waals surface area contributed by atoms with E-state index in [-0.39, 0.29) is 24.0 Å². The monoisotopic (exact) mass is 471 g/mol. The zero-order valence-corrected chi connectivity index (χ0v) is 18.0. The van der Waals surface area contributed by atoms with Gasteiger partial charge in [0.05, 0.1) is 23.4 Å². The summed E-state index contributed by atoms with van der Waals surface area (Å²) in [5.74, 6) is -0.0104. The van der Waals surface area contributed by atoms with Crippen molar-refractivity contribution in [3.63, 3.8) is 0 Å². The highest BCUT2D eigenvalue weighted by atomic mass is 79.9. The fraction of sp³-hybridized carbons (Fsp3) is 0.471. The Morgan fingerprint density at radius 2 is 2.21 bits per heavy atom. The van der Waals surface area contributed by atoms with Crippen molar-refractivity contribution in [1.82, 2.24) is 19.3 Å². The van der Waals surface area contributed by atoms with Crippen molar-refractivity contribution in [1.29, 1.82) is 0 Å². The van der Waals surface area contributed by atoms with Crippen LogP contribution in [0, 0.1) is 5.92 Å². The Labute approximate surface area is 172 Å². The minimum atomic E-state index is -3.63. The molecule has 28 heavy (non-hydrogen) atoms. The second kappa shape index (κ2) is 8.68. The number of nitrogens with one attached hydrogen (secondary N) is 1. The molecule has 0 radical (unpaired) electrons. The summed E-state index contributed by atoms with van der Waals surface area (Å²) in [5.41, 5.74) is 1.06. The number of methoxy groups -OCH3 is 1. The molecule has 0 unspecified atom stereocenters. The van der Waals surface area contributed by atoms with Gasteiger partial charge in [0.25, 0.3) is 0 Å². The van der Waals surface area contributed by atoms with Crippen LogP contribution >= 0.6 is 15.9 Å². The standard InChI is InChI=1S/C17H22BrN5O4S/c1-12-5-6-22(9-12)28(25,26)16-7-13(3-4-15(16)18)20-17(24)10-23-14(11-27-2)8-19-21-23/h3-4,7-8,12H,5-6,9-11H2,1-2H3,(H,20,24)/t12-/m0/s1. The lowest BCUT2D eigenvalue weighted by Crippen LogP contribution is -2.29. The third kappa shape index (κ3) is 4.59. The van der Waals surface area contributed by atoms with Crippen LogP contribution in [0.3, 0.4) is 0 Å². The lowest BCUT2D eigenvalue weighted by molar-refractivity contribution is -0.117. The van der Waals surface area contributed by atoms with Gasteiger partial charge in [0, 0.05) is 30.4 Å². The fourth-order valence-corrected chi connectivity index (χ4v) is 5.56. The van der Waals surface area contributed by atoms with Gasteiger partial charge in [0.1, 0.15) is 6.54 Å². The molecule has 0 bridgehead atoms. The Morgan fingerprint density at radius 1 is 1.43 bits per heavy atom. The number of amides is 1. The van der Waals surface area contributed by atoms with E-state index in [4.69, 9.17) is 4.74 Å². The number of hydrogen-bond donors (Lipinski definition) is 1. The second-order valence-corrected chi connectivity index (χ2v) is 9.53. The Morgan fingerprint density at radius 3 is 2.89 bits per heavy atom. The van der Waals surface area contributed by atoms with Crippen LogP contribution in [0.15, 0.2) is 33.8 Å². The van der Waals surface area contributed by atoms with Crippen LogP contribution in [0.25, 0.3) is 0 Å². The van der Waals surface area contributed by atoms with Crippen LogP contribution < -0.4 is 5.32 Å². The van der Waals surface area contributed by atoms with E-state index in [1.54, 1.807) is 19.2 Å². The van der Waals surface area contributed by atoms with Crippen molar-refractivity contribution < 1.29 is 17.9 Å². The third-order valence-electron chi connectivity index (χ3n) is 4.50. The molecule has 152 valence electrons. The molecule has 3 rings (SSSR count). The topological polar surface area (TPSA) is 106 Å². The summed E-state index contributed by atoms with van der Waals surface area (Å²) in [6, 6.07) is 4.73. The van der Waals surface area contributed by atoms with Gasteiger partial charge in [-0.25, -0.2) is 13.1 Å². The molecule has 11 heteroatoms. The molecular weight excluding hydrogens is 450 g/mol. The van der Waals surface area contributed by atoms with E-state index >= 15 is 0 Å². The largest absolute Gasteiger partial charge is 0.378 e. The van der Waals surface area contributed by atoms with Crippen LogP contribution in [0.5, 0.6) is 0 Å². The lowest BCUT2D eigenvalue weighted by atomic mass is 10.2. The van der Waals surface area contributed by atoms with E-state index in [2.05, 4.69) is 31.6 Å². The van der Waals surface area contributed by atoms with Crippen molar-refractivity contribution >= 4 is 37.5 Å². The first-order chi connectivity index (χ1) is 13.3. The number of anilines is 1. The number of hydrogen-bond acceptors (Lipinski definition) is 6. The van der Waals surface area contributed by atoms with Gasteiger partial charge in [0.15, 0.2) is 0 Å². The van der Waals surface area contributed by atoms with Crippen LogP contribution in [0.2, 0.25) is 0 Å². The molecule has 1 saturated heterocycles. The number of halogens is 1. The highest BCUT2D eigenvalue weighted by molar-refractivity contribution is 9.10. The van der Waals surface area contributed by atoms with Crippen molar-refractivity contribution in [2.45, 2.75) is 31.4 Å². The Bertz CT molecular complexity index is 962. The molecule has 0 saturated carbocycles. The van der Waals surface area contributed by atoms with E-state index < -0.39 is 10.0 Å². The summed E-state index contributed by atoms with van der Waals surface area (Å²) in [6.07, 6.45) is 2.37. The zero-order chi connectivity index (χ0) is 20.3. The van der Waals surface area contributed by atoms with Crippen molar-refractivity contribution in [2.24, 2.45) is 5.92 Å². The normalized spacial score (nSPS) is 17.8. The highest BCUT2D eigenvalue weighted by Gasteiger charge is 2.32. The second-order valence-electron chi connectivity index (χ2n) is 6.77. The molecule has 1 aromatic carbocycles. The maximum absolute atomic E-state index is 13.0. The van der Waals surface area contributed by atoms with Crippen LogP contribution in [-0.4, -0.2) is 53.8 Å². The number of benzene rings is 1. The fourth-order valence-electron chi connectivity index (χ4n) is 3.04. The maximum Gasteiger partial charge on any atom is 0.246 e. The quantitative estimate of drug-likeness (QED) is 0.660. The van der Waals surface area contributed by atoms with E-state index in [0.29, 0.717) is 34.9 Å². The molecule has 2 heterocycles. The van der Waals surface area contributed by atoms with Crippen molar-refractivity contribution in [3.8, 4) is 0 Å². The number of carbonyl (C=O) groups is 1. The molecule has 1 atom stereocenters. The molecule has 1 N–H and O–H groups in total. The first-order valence-electron chi connectivity index (χ1n) is 8.77. The van der Waals surface area contributed by atoms with Crippen LogP contribution in [0.1, 0.15) is 19.0 Å². The number of carbonyl (C=O) groups excluding carboxylic acids is 1. The third-order valence-corrected chi connectivity index (χ3v) is 7.36. The highest BCUT2D eigenvalue weighted by Crippen LogP contribution is 2.31. The molecular formula is C17H22BrN5O4S. The summed E-state index contributed by atoms with van der Waals surface area (Å²) < 4.78 is 34.3. The summed E-state index contributed by atoms with van der Waals surface area (Å²) in [7, 11) is -2.09. The van der Waals surface area contributed by atoms with Crippen LogP contribution in [0.4, 0.5) is 5.69 Å². The molecule has 1 aliphatic heterocycles. The Hall–Kier alpha value is -1.82. The summed E-state index contributed by atoms with van der Waals surface area (Å²) in [6.45, 7) is 3.26. The molecule has 1 fully saturated rings. The molecule has 2 aromatic rings. The molecule has 9 nitrogen and oxygen atoms in total. The van der Waals surface area contributed by atoms with Gasteiger partial charge >= 0.3 is 0 Å². The SMILES string of the molecule is COCc1cnnn1CC(=O)Nc1ccc(Br)c(S(=O)(=O)N2CC[C@H](C)C2)c1. The average molecular weight is 472 g/mol. The number of ether oxygens (including phenoxy) is 1. The van der Waals surface area contributed by atoms with E-state index in [9.17, 15) is 13.2 Å². The summed E-state index contributed by atoms with van der Waals surface area (Å²) >= 11 is 3.32. The first kappa shape index (κ1) is 20.9. The Kier molecular flexibility index (Phi) is 6.48. The van der Waals surface area contributed by atoms with Gasteiger partial charge in [0.2, 0.25) is 15.9 Å². The number of aromatic nitrogens is 3. The molecule has 0 aliphatic carbocycles. The van der Waals surface area contributed by atoms with Gasteiger partial charge in [-0.05, 0) is 46.5 Å². The van der Waals surface area contributed by atoms with Crippen molar-refractivity contribution in [2.75, 3.05) is 25.5 Å². The number of sulfonamides is 1. The average Bonchev–Trinajstić information content (AvgIpc) is 3.26. The van der Waals surface area contributed by atoms with Gasteiger partial charge in [-0.15, -0.1) is 5.10 Å². The molecule has 0 spiro atoms. The van der Waals surface area contributed by atoms with Crippen molar-refractivity contribution in [3.05, 3.63) is 34.6 Å². The van der Waals surface area contributed by atoms with E-state index in [1.165, 1.54) is 21.3 Å². The van der Waals surface area contributed by atoms with Gasteiger partial charge in [-0.1, -0.05) is 12.1 Å². The molecule has 1 amide bonds.